The summed E-state index contributed by atoms with van der Waals surface area (Å²) in [5.74, 6) is -3.10. The quantitative estimate of drug-likeness (QED) is 0.474. The van der Waals surface area contributed by atoms with Crippen molar-refractivity contribution in [1.29, 1.82) is 0 Å². The lowest BCUT2D eigenvalue weighted by molar-refractivity contribution is -0.145. The zero-order valence-electron chi connectivity index (χ0n) is 16.5. The number of nitrogens with zero attached hydrogens (tertiary/aromatic N) is 3. The van der Waals surface area contributed by atoms with E-state index in [1.165, 1.54) is 0 Å². The molecule has 1 spiro atoms. The van der Waals surface area contributed by atoms with Crippen LogP contribution in [-0.2, 0) is 19.2 Å². The van der Waals surface area contributed by atoms with E-state index in [0.29, 0.717) is 35.1 Å². The number of amides is 8. The highest BCUT2D eigenvalue weighted by Crippen LogP contribution is 2.35. The van der Waals surface area contributed by atoms with E-state index in [1.807, 2.05) is 6.92 Å². The number of imide groups is 3. The second-order valence-corrected chi connectivity index (χ2v) is 7.85. The van der Waals surface area contributed by atoms with E-state index in [0.717, 1.165) is 24.2 Å². The van der Waals surface area contributed by atoms with Gasteiger partial charge in [-0.3, -0.25) is 29.5 Å². The predicted octanol–water partition coefficient (Wildman–Crippen LogP) is 0.109. The van der Waals surface area contributed by atoms with Gasteiger partial charge in [0.15, 0.2) is 0 Å². The number of carbonyl (C=O) groups excluding carboxylic acids is 6. The first-order valence-electron chi connectivity index (χ1n) is 9.83. The molecule has 3 rings (SSSR count). The summed E-state index contributed by atoms with van der Waals surface area (Å²) in [5.41, 5.74) is 1.13. The minimum absolute atomic E-state index is 0.0893. The van der Waals surface area contributed by atoms with Crippen LogP contribution in [0.15, 0.2) is 0 Å². The van der Waals surface area contributed by atoms with Crippen molar-refractivity contribution < 1.29 is 28.8 Å². The molecule has 1 aliphatic carbocycles. The zero-order valence-corrected chi connectivity index (χ0v) is 16.5. The van der Waals surface area contributed by atoms with Crippen molar-refractivity contribution >= 4 is 35.7 Å². The SMILES string of the molecule is CCCCN1C(=O)C(=O)N(CC(=O)NN2C(=O)NC3(CCC(C)CC3)C2=O)C1=O. The maximum Gasteiger partial charge on any atom is 0.344 e. The Bertz CT molecular complexity index is 773. The number of urea groups is 2. The van der Waals surface area contributed by atoms with Crippen LogP contribution < -0.4 is 10.7 Å². The van der Waals surface area contributed by atoms with Gasteiger partial charge in [-0.15, -0.1) is 0 Å². The molecule has 2 N–H and O–H groups in total. The first-order valence-corrected chi connectivity index (χ1v) is 9.83. The molecule has 2 heterocycles. The Kier molecular flexibility index (Phi) is 5.58. The number of nitrogens with one attached hydrogen (secondary N) is 2. The summed E-state index contributed by atoms with van der Waals surface area (Å²) in [6.45, 7) is 3.28. The van der Waals surface area contributed by atoms with Crippen LogP contribution in [0.2, 0.25) is 0 Å². The molecule has 3 aliphatic rings. The molecule has 3 fully saturated rings. The molecule has 2 aliphatic heterocycles. The van der Waals surface area contributed by atoms with Gasteiger partial charge in [-0.2, -0.15) is 5.01 Å². The fraction of sp³-hybridized carbons (Fsp3) is 0.667. The van der Waals surface area contributed by atoms with Crippen molar-refractivity contribution in [2.24, 2.45) is 5.92 Å². The van der Waals surface area contributed by atoms with Crippen LogP contribution in [0.4, 0.5) is 9.59 Å². The highest BCUT2D eigenvalue weighted by atomic mass is 16.2. The van der Waals surface area contributed by atoms with Crippen molar-refractivity contribution in [3.63, 3.8) is 0 Å². The molecule has 0 aromatic heterocycles. The first kappa shape index (κ1) is 20.7. The van der Waals surface area contributed by atoms with Gasteiger partial charge >= 0.3 is 23.9 Å². The van der Waals surface area contributed by atoms with Crippen molar-refractivity contribution in [3.8, 4) is 0 Å². The number of hydrazine groups is 1. The van der Waals surface area contributed by atoms with E-state index in [-0.39, 0.29) is 6.54 Å². The third kappa shape index (κ3) is 3.68. The van der Waals surface area contributed by atoms with Crippen molar-refractivity contribution in [3.05, 3.63) is 0 Å². The minimum Gasteiger partial charge on any atom is -0.322 e. The van der Waals surface area contributed by atoms with Crippen LogP contribution in [0.25, 0.3) is 0 Å². The number of unbranched alkanes of at least 4 members (excludes halogenated alkanes) is 1. The summed E-state index contributed by atoms with van der Waals surface area (Å²) in [7, 11) is 0. The monoisotopic (exact) mass is 407 g/mol. The van der Waals surface area contributed by atoms with Crippen LogP contribution in [0.5, 0.6) is 0 Å². The van der Waals surface area contributed by atoms with E-state index < -0.39 is 47.8 Å². The number of carbonyl (C=O) groups is 6. The smallest absolute Gasteiger partial charge is 0.322 e. The second kappa shape index (κ2) is 7.80. The van der Waals surface area contributed by atoms with Crippen LogP contribution in [0, 0.1) is 5.92 Å². The number of hydrogen-bond acceptors (Lipinski definition) is 6. The summed E-state index contributed by atoms with van der Waals surface area (Å²) in [5, 5.41) is 3.25. The molecule has 11 heteroatoms. The van der Waals surface area contributed by atoms with E-state index in [9.17, 15) is 28.8 Å². The average molecular weight is 407 g/mol. The fourth-order valence-corrected chi connectivity index (χ4v) is 3.82. The Morgan fingerprint density at radius 2 is 1.72 bits per heavy atom. The Morgan fingerprint density at radius 3 is 2.34 bits per heavy atom. The molecule has 0 aromatic rings. The van der Waals surface area contributed by atoms with E-state index in [2.05, 4.69) is 17.7 Å². The van der Waals surface area contributed by atoms with Crippen LogP contribution in [-0.4, -0.2) is 69.1 Å². The van der Waals surface area contributed by atoms with Gasteiger partial charge in [-0.1, -0.05) is 20.3 Å². The molecule has 0 bridgehead atoms. The highest BCUT2D eigenvalue weighted by Gasteiger charge is 2.53. The number of rotatable bonds is 6. The molecular weight excluding hydrogens is 382 g/mol. The van der Waals surface area contributed by atoms with Crippen LogP contribution >= 0.6 is 0 Å². The minimum atomic E-state index is -1.10. The lowest BCUT2D eigenvalue weighted by Gasteiger charge is -2.33. The van der Waals surface area contributed by atoms with Crippen molar-refractivity contribution in [1.82, 2.24) is 25.6 Å². The molecule has 1 saturated carbocycles. The zero-order chi connectivity index (χ0) is 21.3. The van der Waals surface area contributed by atoms with E-state index in [4.69, 9.17) is 0 Å². The van der Waals surface area contributed by atoms with Crippen molar-refractivity contribution in [2.45, 2.75) is 57.9 Å². The molecule has 158 valence electrons. The van der Waals surface area contributed by atoms with Gasteiger partial charge in [0.25, 0.3) is 11.8 Å². The molecule has 11 nitrogen and oxygen atoms in total. The highest BCUT2D eigenvalue weighted by molar-refractivity contribution is 6.45. The van der Waals surface area contributed by atoms with E-state index in [1.54, 1.807) is 0 Å². The molecule has 0 atom stereocenters. The standard InChI is InChI=1S/C18H25N5O6/c1-3-4-9-21-13(25)14(26)22(17(21)29)10-12(24)20-23-15(27)18(19-16(23)28)7-5-11(2)6-8-18/h11H,3-10H2,1-2H3,(H,19,28)(H,20,24). The first-order chi connectivity index (χ1) is 13.7. The maximum atomic E-state index is 12.7. The van der Waals surface area contributed by atoms with Gasteiger partial charge in [-0.25, -0.2) is 14.5 Å². The molecule has 2 saturated heterocycles. The van der Waals surface area contributed by atoms with Gasteiger partial charge < -0.3 is 5.32 Å². The average Bonchev–Trinajstić information content (AvgIpc) is 3.03. The molecule has 8 amide bonds. The summed E-state index contributed by atoms with van der Waals surface area (Å²) >= 11 is 0. The predicted molar refractivity (Wildman–Crippen MR) is 97.6 cm³/mol. The molecule has 0 unspecified atom stereocenters. The molecule has 29 heavy (non-hydrogen) atoms. The Morgan fingerprint density at radius 1 is 1.10 bits per heavy atom. The topological polar surface area (TPSA) is 136 Å². The largest absolute Gasteiger partial charge is 0.344 e. The Labute approximate surface area is 167 Å². The van der Waals surface area contributed by atoms with Gasteiger partial charge in [0.1, 0.15) is 12.1 Å². The second-order valence-electron chi connectivity index (χ2n) is 7.85. The van der Waals surface area contributed by atoms with Crippen molar-refractivity contribution in [2.75, 3.05) is 13.1 Å². The maximum absolute atomic E-state index is 12.7. The van der Waals surface area contributed by atoms with Gasteiger partial charge in [0, 0.05) is 6.54 Å². The molecule has 0 radical (unpaired) electrons. The fourth-order valence-electron chi connectivity index (χ4n) is 3.82. The third-order valence-electron chi connectivity index (χ3n) is 5.70. The summed E-state index contributed by atoms with van der Waals surface area (Å²) in [6.07, 6.45) is 3.77. The van der Waals surface area contributed by atoms with Crippen LogP contribution in [0.3, 0.4) is 0 Å². The lowest BCUT2D eigenvalue weighted by atomic mass is 9.77. The lowest BCUT2D eigenvalue weighted by Crippen LogP contribution is -2.53. The summed E-state index contributed by atoms with van der Waals surface area (Å²) in [4.78, 5) is 74.9. The molecular formula is C18H25N5O6. The Balaban J connectivity index is 1.63. The molecule has 0 aromatic carbocycles. The summed E-state index contributed by atoms with van der Waals surface area (Å²) < 4.78 is 0. The van der Waals surface area contributed by atoms with Crippen LogP contribution in [0.1, 0.15) is 52.4 Å². The van der Waals surface area contributed by atoms with E-state index >= 15 is 0 Å². The normalized spacial score (nSPS) is 27.3. The van der Waals surface area contributed by atoms with Gasteiger partial charge in [0.2, 0.25) is 0 Å². The third-order valence-corrected chi connectivity index (χ3v) is 5.70. The number of hydrogen-bond donors (Lipinski definition) is 2. The summed E-state index contributed by atoms with van der Waals surface area (Å²) in [6, 6.07) is -1.63. The van der Waals surface area contributed by atoms with Gasteiger partial charge in [-0.05, 0) is 38.0 Å². The Hall–Kier alpha value is -2.98. The van der Waals surface area contributed by atoms with Gasteiger partial charge in [0.05, 0.1) is 0 Å².